The van der Waals surface area contributed by atoms with E-state index in [2.05, 4.69) is 5.18 Å². The van der Waals surface area contributed by atoms with Crippen molar-refractivity contribution in [3.8, 4) is 0 Å². The molecule has 1 N–H and O–H groups in total. The molecule has 1 atom stereocenters. The van der Waals surface area contributed by atoms with Crippen LogP contribution >= 0.6 is 11.6 Å². The van der Waals surface area contributed by atoms with Gasteiger partial charge in [0.05, 0.1) is 15.4 Å². The fraction of sp³-hybridized carbons (Fsp3) is 0.118. The number of nitrogens with zero attached hydrogens (tertiary/aromatic N) is 2. The third-order valence-corrected chi connectivity index (χ3v) is 5.59. The minimum Gasteiger partial charge on any atom is -0.481 e. The molecule has 0 aliphatic carbocycles. The number of nitroso groups, excluding NO2 is 1. The molecular weight excluding hydrogens is 364 g/mol. The molecule has 0 aliphatic rings. The van der Waals surface area contributed by atoms with Crippen LogP contribution in [0.3, 0.4) is 0 Å². The van der Waals surface area contributed by atoms with Gasteiger partial charge in [0.1, 0.15) is 5.69 Å². The molecule has 0 saturated heterocycles. The summed E-state index contributed by atoms with van der Waals surface area (Å²) in [5, 5.41) is 12.9. The lowest BCUT2D eigenvalue weighted by molar-refractivity contribution is -0.136. The third kappa shape index (κ3) is 3.47. The second-order valence-corrected chi connectivity index (χ2v) is 7.08. The van der Waals surface area contributed by atoms with Crippen LogP contribution in [0.1, 0.15) is 12.0 Å². The zero-order chi connectivity index (χ0) is 18.0. The van der Waals surface area contributed by atoms with E-state index < -0.39 is 17.0 Å². The fourth-order valence-electron chi connectivity index (χ4n) is 2.58. The van der Waals surface area contributed by atoms with Crippen LogP contribution in [0.2, 0.25) is 5.02 Å². The van der Waals surface area contributed by atoms with Gasteiger partial charge in [-0.05, 0) is 41.4 Å². The van der Waals surface area contributed by atoms with E-state index in [1.807, 2.05) is 0 Å². The highest BCUT2D eigenvalue weighted by Gasteiger charge is 2.17. The van der Waals surface area contributed by atoms with E-state index in [-0.39, 0.29) is 18.5 Å². The van der Waals surface area contributed by atoms with Gasteiger partial charge in [-0.2, -0.15) is 0 Å². The number of aryl methyl sites for hydroxylation is 1. The number of rotatable bonds is 6. The molecule has 0 amide bonds. The maximum Gasteiger partial charge on any atom is 0.303 e. The van der Waals surface area contributed by atoms with E-state index >= 15 is 0 Å². The molecular formula is C17H13ClN2O4S. The summed E-state index contributed by atoms with van der Waals surface area (Å²) >= 11 is 6.14. The van der Waals surface area contributed by atoms with Crippen molar-refractivity contribution >= 4 is 45.1 Å². The highest BCUT2D eigenvalue weighted by molar-refractivity contribution is 7.83. The first kappa shape index (κ1) is 17.3. The van der Waals surface area contributed by atoms with E-state index in [9.17, 15) is 13.9 Å². The van der Waals surface area contributed by atoms with Crippen LogP contribution in [-0.2, 0) is 22.2 Å². The average Bonchev–Trinajstić information content (AvgIpc) is 2.97. The molecule has 3 aromatic rings. The Balaban J connectivity index is 2.16. The summed E-state index contributed by atoms with van der Waals surface area (Å²) in [5.41, 5.74) is 1.47. The molecule has 128 valence electrons. The molecule has 3 rings (SSSR count). The van der Waals surface area contributed by atoms with E-state index in [4.69, 9.17) is 16.7 Å². The van der Waals surface area contributed by atoms with Gasteiger partial charge in [0.2, 0.25) is 0 Å². The van der Waals surface area contributed by atoms with Gasteiger partial charge >= 0.3 is 5.97 Å². The van der Waals surface area contributed by atoms with Crippen molar-refractivity contribution < 1.29 is 14.1 Å². The van der Waals surface area contributed by atoms with Crippen LogP contribution in [0, 0.1) is 4.91 Å². The number of carboxylic acid groups (broad SMARTS) is 1. The van der Waals surface area contributed by atoms with E-state index in [0.717, 1.165) is 10.9 Å². The van der Waals surface area contributed by atoms with Crippen LogP contribution in [0.5, 0.6) is 0 Å². The number of halogens is 1. The molecule has 0 radical (unpaired) electrons. The zero-order valence-electron chi connectivity index (χ0n) is 12.9. The molecule has 1 aromatic heterocycles. The number of carbonyl (C=O) groups is 1. The van der Waals surface area contributed by atoms with Crippen LogP contribution in [0.25, 0.3) is 10.9 Å². The number of fused-ring (bicyclic) bond motifs is 1. The largest absolute Gasteiger partial charge is 0.481 e. The second kappa shape index (κ2) is 7.16. The van der Waals surface area contributed by atoms with Gasteiger partial charge in [-0.1, -0.05) is 29.8 Å². The van der Waals surface area contributed by atoms with Crippen molar-refractivity contribution in [1.29, 1.82) is 0 Å². The summed E-state index contributed by atoms with van der Waals surface area (Å²) in [6.07, 6.45) is 1.87. The van der Waals surface area contributed by atoms with Crippen molar-refractivity contribution in [1.82, 2.24) is 3.97 Å². The van der Waals surface area contributed by atoms with Crippen molar-refractivity contribution in [3.63, 3.8) is 0 Å². The van der Waals surface area contributed by atoms with Crippen molar-refractivity contribution in [2.75, 3.05) is 0 Å². The predicted molar refractivity (Wildman–Crippen MR) is 96.6 cm³/mol. The summed E-state index contributed by atoms with van der Waals surface area (Å²) in [4.78, 5) is 22.1. The van der Waals surface area contributed by atoms with Gasteiger partial charge in [0, 0.05) is 18.0 Å². The minimum atomic E-state index is -1.64. The van der Waals surface area contributed by atoms with Crippen LogP contribution in [0.15, 0.2) is 58.7 Å². The lowest BCUT2D eigenvalue weighted by atomic mass is 10.1. The lowest BCUT2D eigenvalue weighted by Crippen LogP contribution is -2.04. The lowest BCUT2D eigenvalue weighted by Gasteiger charge is -2.07. The molecule has 0 saturated carbocycles. The molecule has 6 nitrogen and oxygen atoms in total. The number of carboxylic acids is 1. The normalized spacial score (nSPS) is 12.2. The molecule has 0 spiro atoms. The first-order chi connectivity index (χ1) is 12.0. The minimum absolute atomic E-state index is 0.0501. The van der Waals surface area contributed by atoms with E-state index in [0.29, 0.717) is 15.4 Å². The SMILES string of the molecule is O=Nc1ccc2c(CCC(=O)O)cn(S(=O)c3ccccc3Cl)c2c1. The van der Waals surface area contributed by atoms with Gasteiger partial charge in [-0.3, -0.25) is 8.77 Å². The standard InChI is InChI=1S/C17H13ClN2O4S/c18-14-3-1-2-4-16(14)25(24)20-10-11(5-8-17(21)22)13-7-6-12(19-23)9-15(13)20/h1-4,6-7,9-10H,5,8H2,(H,21,22). The van der Waals surface area contributed by atoms with Gasteiger partial charge in [-0.15, -0.1) is 4.91 Å². The summed E-state index contributed by atoms with van der Waals surface area (Å²) in [7, 11) is -1.64. The Hall–Kier alpha value is -2.51. The van der Waals surface area contributed by atoms with Crippen LogP contribution in [-0.4, -0.2) is 19.3 Å². The summed E-state index contributed by atoms with van der Waals surface area (Å²) < 4.78 is 14.5. The maximum atomic E-state index is 13.0. The van der Waals surface area contributed by atoms with Gasteiger partial charge in [0.25, 0.3) is 0 Å². The summed E-state index contributed by atoms with van der Waals surface area (Å²) in [6, 6.07) is 11.5. The van der Waals surface area contributed by atoms with Gasteiger partial charge < -0.3 is 5.11 Å². The quantitative estimate of drug-likeness (QED) is 0.650. The topological polar surface area (TPSA) is 88.7 Å². The molecule has 0 bridgehead atoms. The number of benzene rings is 2. The summed E-state index contributed by atoms with van der Waals surface area (Å²) in [6.45, 7) is 0. The van der Waals surface area contributed by atoms with Crippen molar-refractivity contribution in [2.45, 2.75) is 17.7 Å². The molecule has 25 heavy (non-hydrogen) atoms. The van der Waals surface area contributed by atoms with Gasteiger partial charge in [-0.25, -0.2) is 4.21 Å². The number of aliphatic carboxylic acids is 1. The predicted octanol–water partition coefficient (Wildman–Crippen LogP) is 4.28. The van der Waals surface area contributed by atoms with Crippen LogP contribution in [0.4, 0.5) is 5.69 Å². The molecule has 0 fully saturated rings. The van der Waals surface area contributed by atoms with Crippen molar-refractivity contribution in [2.24, 2.45) is 5.18 Å². The third-order valence-electron chi connectivity index (χ3n) is 3.75. The fourth-order valence-corrected chi connectivity index (χ4v) is 4.11. The highest BCUT2D eigenvalue weighted by atomic mass is 35.5. The number of aromatic nitrogens is 1. The van der Waals surface area contributed by atoms with Crippen LogP contribution < -0.4 is 0 Å². The number of hydrogen-bond donors (Lipinski definition) is 1. The van der Waals surface area contributed by atoms with Gasteiger partial charge in [0.15, 0.2) is 11.0 Å². The Bertz CT molecular complexity index is 999. The molecule has 2 aromatic carbocycles. The Morgan fingerprint density at radius 1 is 1.24 bits per heavy atom. The summed E-state index contributed by atoms with van der Waals surface area (Å²) in [5.74, 6) is -0.917. The zero-order valence-corrected chi connectivity index (χ0v) is 14.5. The first-order valence-electron chi connectivity index (χ1n) is 7.37. The molecule has 1 unspecified atom stereocenters. The van der Waals surface area contributed by atoms with E-state index in [1.165, 1.54) is 10.0 Å². The monoisotopic (exact) mass is 376 g/mol. The first-order valence-corrected chi connectivity index (χ1v) is 8.85. The maximum absolute atomic E-state index is 13.0. The molecule has 8 heteroatoms. The Morgan fingerprint density at radius 2 is 2.00 bits per heavy atom. The average molecular weight is 377 g/mol. The highest BCUT2D eigenvalue weighted by Crippen LogP contribution is 2.30. The van der Waals surface area contributed by atoms with E-state index in [1.54, 1.807) is 42.6 Å². The molecule has 1 heterocycles. The second-order valence-electron chi connectivity index (χ2n) is 5.35. The Kier molecular flexibility index (Phi) is 4.96. The van der Waals surface area contributed by atoms with Crippen molar-refractivity contribution in [3.05, 3.63) is 64.2 Å². The Labute approximate surface area is 150 Å². The Morgan fingerprint density at radius 3 is 2.68 bits per heavy atom. The number of hydrogen-bond acceptors (Lipinski definition) is 4. The molecule has 0 aliphatic heterocycles. The smallest absolute Gasteiger partial charge is 0.303 e.